The maximum absolute atomic E-state index is 5.59. The highest BCUT2D eigenvalue weighted by atomic mass is 79.9. The Kier molecular flexibility index (Phi) is 6.28. The number of ether oxygens (including phenoxy) is 2. The fourth-order valence-electron chi connectivity index (χ4n) is 2.36. The highest BCUT2D eigenvalue weighted by Gasteiger charge is 2.13. The van der Waals surface area contributed by atoms with Crippen LogP contribution in [0, 0.1) is 0 Å². The zero-order chi connectivity index (χ0) is 15.9. The average molecular weight is 365 g/mol. The summed E-state index contributed by atoms with van der Waals surface area (Å²) in [7, 11) is 1.67. The lowest BCUT2D eigenvalue weighted by Crippen LogP contribution is -2.83. The molecule has 2 rings (SSSR count). The maximum Gasteiger partial charge on any atom is 0.162 e. The number of nitrogens with two attached hydrogens (primary N) is 1. The molecule has 3 nitrogen and oxygen atoms in total. The van der Waals surface area contributed by atoms with Crippen molar-refractivity contribution in [2.45, 2.75) is 26.4 Å². The molecule has 0 amide bonds. The number of benzene rings is 2. The van der Waals surface area contributed by atoms with Crippen molar-refractivity contribution in [3.63, 3.8) is 0 Å². The molecule has 0 saturated carbocycles. The van der Waals surface area contributed by atoms with Crippen molar-refractivity contribution in [2.75, 3.05) is 13.7 Å². The van der Waals surface area contributed by atoms with Gasteiger partial charge in [-0.1, -0.05) is 46.3 Å². The highest BCUT2D eigenvalue weighted by Crippen LogP contribution is 2.33. The van der Waals surface area contributed by atoms with E-state index in [4.69, 9.17) is 9.47 Å². The number of halogens is 1. The van der Waals surface area contributed by atoms with Crippen molar-refractivity contribution in [3.05, 3.63) is 58.1 Å². The summed E-state index contributed by atoms with van der Waals surface area (Å²) in [6.45, 7) is 5.68. The zero-order valence-corrected chi connectivity index (χ0v) is 14.9. The average Bonchev–Trinajstić information content (AvgIpc) is 2.55. The third kappa shape index (κ3) is 4.24. The first kappa shape index (κ1) is 16.8. The Bertz CT molecular complexity index is 602. The summed E-state index contributed by atoms with van der Waals surface area (Å²) in [5.41, 5.74) is 2.53. The minimum absolute atomic E-state index is 0.408. The summed E-state index contributed by atoms with van der Waals surface area (Å²) in [5.74, 6) is 1.55. The minimum atomic E-state index is 0.408. The summed E-state index contributed by atoms with van der Waals surface area (Å²) in [6, 6.07) is 15.0. The molecule has 0 fully saturated rings. The van der Waals surface area contributed by atoms with Gasteiger partial charge in [0, 0.05) is 15.6 Å². The fraction of sp³-hybridized carbons (Fsp3) is 0.333. The van der Waals surface area contributed by atoms with Crippen molar-refractivity contribution < 1.29 is 14.8 Å². The maximum atomic E-state index is 5.59. The van der Waals surface area contributed by atoms with E-state index in [2.05, 4.69) is 52.4 Å². The Hall–Kier alpha value is -1.52. The third-order valence-corrected chi connectivity index (χ3v) is 4.39. The molecule has 0 saturated heterocycles. The molecule has 0 radical (unpaired) electrons. The molecule has 22 heavy (non-hydrogen) atoms. The van der Waals surface area contributed by atoms with Crippen LogP contribution in [-0.2, 0) is 6.54 Å². The monoisotopic (exact) mass is 364 g/mol. The zero-order valence-electron chi connectivity index (χ0n) is 13.3. The van der Waals surface area contributed by atoms with E-state index in [1.807, 2.05) is 25.1 Å². The molecule has 0 unspecified atom stereocenters. The van der Waals surface area contributed by atoms with Gasteiger partial charge in [0.25, 0.3) is 0 Å². The quantitative estimate of drug-likeness (QED) is 0.813. The number of rotatable bonds is 7. The molecule has 0 aliphatic carbocycles. The molecule has 0 bridgehead atoms. The second-order valence-electron chi connectivity index (χ2n) is 5.17. The van der Waals surface area contributed by atoms with E-state index in [0.717, 1.165) is 22.5 Å². The largest absolute Gasteiger partial charge is 0.493 e. The molecule has 0 spiro atoms. The molecule has 0 aliphatic heterocycles. The lowest BCUT2D eigenvalue weighted by molar-refractivity contribution is -0.708. The van der Waals surface area contributed by atoms with Gasteiger partial charge in [-0.05, 0) is 26.0 Å². The van der Waals surface area contributed by atoms with Gasteiger partial charge < -0.3 is 14.8 Å². The van der Waals surface area contributed by atoms with Gasteiger partial charge in [0.05, 0.1) is 13.7 Å². The summed E-state index contributed by atoms with van der Waals surface area (Å²) < 4.78 is 12.1. The van der Waals surface area contributed by atoms with Crippen LogP contribution >= 0.6 is 15.9 Å². The van der Waals surface area contributed by atoms with Crippen LogP contribution in [-0.4, -0.2) is 13.7 Å². The van der Waals surface area contributed by atoms with E-state index in [-0.39, 0.29) is 0 Å². The number of quaternary nitrogens is 1. The molecule has 0 heterocycles. The molecule has 0 aliphatic rings. The van der Waals surface area contributed by atoms with Gasteiger partial charge in [0.15, 0.2) is 11.5 Å². The first-order valence-corrected chi connectivity index (χ1v) is 8.32. The summed E-state index contributed by atoms with van der Waals surface area (Å²) in [4.78, 5) is 0. The van der Waals surface area contributed by atoms with Crippen molar-refractivity contribution >= 4 is 15.9 Å². The molecular weight excluding hydrogens is 342 g/mol. The first-order chi connectivity index (χ1) is 10.7. The van der Waals surface area contributed by atoms with E-state index in [9.17, 15) is 0 Å². The van der Waals surface area contributed by atoms with Crippen LogP contribution in [0.4, 0.5) is 0 Å². The standard InChI is InChI=1S/C18H22BrNO2/c1-4-22-18-11-16(19)15(10-17(18)21-3)12-20-13(2)14-8-6-5-7-9-14/h5-11,13,20H,4,12H2,1-3H3/p+1/t13-/m1/s1. The van der Waals surface area contributed by atoms with Gasteiger partial charge in [-0.15, -0.1) is 0 Å². The Labute approximate surface area is 140 Å². The summed E-state index contributed by atoms with van der Waals surface area (Å²) in [6.07, 6.45) is 0. The van der Waals surface area contributed by atoms with Crippen molar-refractivity contribution in [1.82, 2.24) is 0 Å². The van der Waals surface area contributed by atoms with Gasteiger partial charge >= 0.3 is 0 Å². The van der Waals surface area contributed by atoms with Gasteiger partial charge in [0.2, 0.25) is 0 Å². The van der Waals surface area contributed by atoms with Crippen LogP contribution in [0.3, 0.4) is 0 Å². The molecule has 2 N–H and O–H groups in total. The lowest BCUT2D eigenvalue weighted by atomic mass is 10.1. The van der Waals surface area contributed by atoms with Crippen LogP contribution in [0.25, 0.3) is 0 Å². The summed E-state index contributed by atoms with van der Waals surface area (Å²) in [5, 5.41) is 2.31. The molecule has 118 valence electrons. The van der Waals surface area contributed by atoms with E-state index in [1.165, 1.54) is 11.1 Å². The van der Waals surface area contributed by atoms with Gasteiger partial charge in [-0.3, -0.25) is 0 Å². The number of methoxy groups -OCH3 is 1. The Morgan fingerprint density at radius 3 is 2.50 bits per heavy atom. The SMILES string of the molecule is CCOc1cc(Br)c(C[NH2+][C@H](C)c2ccccc2)cc1OC. The Morgan fingerprint density at radius 1 is 1.14 bits per heavy atom. The van der Waals surface area contributed by atoms with Crippen LogP contribution in [0.2, 0.25) is 0 Å². The van der Waals surface area contributed by atoms with Crippen molar-refractivity contribution in [1.29, 1.82) is 0 Å². The molecule has 2 aromatic carbocycles. The topological polar surface area (TPSA) is 35.1 Å². The summed E-state index contributed by atoms with van der Waals surface area (Å²) >= 11 is 3.63. The Morgan fingerprint density at radius 2 is 1.86 bits per heavy atom. The van der Waals surface area contributed by atoms with Crippen LogP contribution in [0.5, 0.6) is 11.5 Å². The van der Waals surface area contributed by atoms with E-state index >= 15 is 0 Å². The molecule has 1 atom stereocenters. The van der Waals surface area contributed by atoms with Gasteiger partial charge in [-0.2, -0.15) is 0 Å². The molecule has 0 aromatic heterocycles. The molecule has 4 heteroatoms. The predicted octanol–water partition coefficient (Wildman–Crippen LogP) is 3.68. The molecule has 2 aromatic rings. The first-order valence-electron chi connectivity index (χ1n) is 7.53. The fourth-order valence-corrected chi connectivity index (χ4v) is 2.84. The smallest absolute Gasteiger partial charge is 0.162 e. The van der Waals surface area contributed by atoms with Crippen LogP contribution in [0.15, 0.2) is 46.9 Å². The van der Waals surface area contributed by atoms with Crippen molar-refractivity contribution in [2.24, 2.45) is 0 Å². The molecular formula is C18H23BrNO2+. The normalized spacial score (nSPS) is 12.0. The lowest BCUT2D eigenvalue weighted by Gasteiger charge is -2.15. The number of hydrogen-bond donors (Lipinski definition) is 1. The predicted molar refractivity (Wildman–Crippen MR) is 92.3 cm³/mol. The van der Waals surface area contributed by atoms with Gasteiger partial charge in [0.1, 0.15) is 12.6 Å². The van der Waals surface area contributed by atoms with Crippen LogP contribution < -0.4 is 14.8 Å². The van der Waals surface area contributed by atoms with Crippen molar-refractivity contribution in [3.8, 4) is 11.5 Å². The number of hydrogen-bond acceptors (Lipinski definition) is 2. The Balaban J connectivity index is 2.09. The van der Waals surface area contributed by atoms with E-state index < -0.39 is 0 Å². The highest BCUT2D eigenvalue weighted by molar-refractivity contribution is 9.10. The third-order valence-electron chi connectivity index (χ3n) is 3.65. The van der Waals surface area contributed by atoms with E-state index in [0.29, 0.717) is 12.6 Å². The van der Waals surface area contributed by atoms with Crippen LogP contribution in [0.1, 0.15) is 31.0 Å². The van der Waals surface area contributed by atoms with E-state index in [1.54, 1.807) is 7.11 Å². The second kappa shape index (κ2) is 8.20. The second-order valence-corrected chi connectivity index (χ2v) is 6.02. The van der Waals surface area contributed by atoms with Gasteiger partial charge in [-0.25, -0.2) is 0 Å². The minimum Gasteiger partial charge on any atom is -0.493 e.